The van der Waals surface area contributed by atoms with Gasteiger partial charge in [-0.2, -0.15) is 0 Å². The van der Waals surface area contributed by atoms with Crippen molar-refractivity contribution in [2.24, 2.45) is 11.8 Å². The molecule has 4 aliphatic heterocycles. The quantitative estimate of drug-likeness (QED) is 0.0928. The molecule has 4 amide bonds. The summed E-state index contributed by atoms with van der Waals surface area (Å²) in [5, 5.41) is 12.4. The van der Waals surface area contributed by atoms with Gasteiger partial charge in [-0.1, -0.05) is 35.3 Å². The molecule has 2 aromatic carbocycles. The Hall–Kier alpha value is -5.38. The highest BCUT2D eigenvalue weighted by molar-refractivity contribution is 7.91. The smallest absolute Gasteiger partial charge is 0.255 e. The minimum atomic E-state index is -3.52. The van der Waals surface area contributed by atoms with Crippen LogP contribution in [0.3, 0.4) is 0 Å². The molecule has 2 atom stereocenters. The van der Waals surface area contributed by atoms with E-state index >= 15 is 0 Å². The van der Waals surface area contributed by atoms with E-state index < -0.39 is 31.5 Å². The number of nitrogens with zero attached hydrogens (tertiary/aromatic N) is 4. The summed E-state index contributed by atoms with van der Waals surface area (Å²) in [7, 11) is -7.04. The van der Waals surface area contributed by atoms with Gasteiger partial charge in [0, 0.05) is 111 Å². The number of pyridine rings is 2. The minimum Gasteiger partial charge on any atom is -0.376 e. The van der Waals surface area contributed by atoms with Gasteiger partial charge in [0.2, 0.25) is 11.8 Å². The van der Waals surface area contributed by atoms with Crippen LogP contribution in [0.1, 0.15) is 84.9 Å². The van der Waals surface area contributed by atoms with Gasteiger partial charge in [-0.15, -0.1) is 0 Å². The number of rotatable bonds is 16. The number of benzene rings is 2. The van der Waals surface area contributed by atoms with Gasteiger partial charge < -0.3 is 40.5 Å². The summed E-state index contributed by atoms with van der Waals surface area (Å²) < 4.78 is 59.6. The van der Waals surface area contributed by atoms with Crippen molar-refractivity contribution in [1.82, 2.24) is 20.6 Å². The lowest BCUT2D eigenvalue weighted by Gasteiger charge is -2.33. The van der Waals surface area contributed by atoms with Crippen molar-refractivity contribution >= 4 is 89.5 Å². The van der Waals surface area contributed by atoms with Gasteiger partial charge in [0.15, 0.2) is 31.3 Å². The van der Waals surface area contributed by atoms with Crippen LogP contribution in [0.25, 0.3) is 0 Å². The van der Waals surface area contributed by atoms with Crippen LogP contribution in [0.5, 0.6) is 0 Å². The predicted octanol–water partition coefficient (Wildman–Crippen LogP) is 6.59. The monoisotopic (exact) mass is 1070 g/mol. The Morgan fingerprint density at radius 2 is 0.986 bits per heavy atom. The third-order valence-electron chi connectivity index (χ3n) is 13.1. The van der Waals surface area contributed by atoms with Crippen molar-refractivity contribution in [1.29, 1.82) is 0 Å². The fourth-order valence-corrected chi connectivity index (χ4v) is 10.6. The molecule has 4 aromatic rings. The van der Waals surface area contributed by atoms with Crippen molar-refractivity contribution in [2.75, 3.05) is 85.4 Å². The maximum Gasteiger partial charge on any atom is 0.255 e. The molecule has 0 saturated carbocycles. The molecular weight excluding hydrogens is 1010 g/mol. The molecule has 0 bridgehead atoms. The lowest BCUT2D eigenvalue weighted by Crippen LogP contribution is -2.38. The topological polar surface area (TPSA) is 235 Å². The van der Waals surface area contributed by atoms with Crippen molar-refractivity contribution in [3.8, 4) is 0 Å². The largest absolute Gasteiger partial charge is 0.376 e. The second-order valence-electron chi connectivity index (χ2n) is 18.7. The van der Waals surface area contributed by atoms with Crippen LogP contribution >= 0.6 is 23.2 Å². The van der Waals surface area contributed by atoms with E-state index in [0.717, 1.165) is 77.1 Å². The Morgan fingerprint density at radius 3 is 1.32 bits per heavy atom. The fraction of sp³-hybridized carbons (Fsp3) is 0.480. The van der Waals surface area contributed by atoms with Crippen molar-refractivity contribution in [3.63, 3.8) is 0 Å². The van der Waals surface area contributed by atoms with Crippen LogP contribution in [0, 0.1) is 11.8 Å². The zero-order valence-electron chi connectivity index (χ0n) is 40.4. The molecule has 18 nitrogen and oxygen atoms in total. The van der Waals surface area contributed by atoms with Gasteiger partial charge >= 0.3 is 0 Å². The summed E-state index contributed by atoms with van der Waals surface area (Å²) in [6, 6.07) is 15.9. The SMILES string of the molecule is CS(=O)(=O)c1cnc(N2CCC(CC(=O)NC[C@@H]3CCCO3)CC2)c(NC(=O)c2cccc(Cl)c2)c1.CS(=O)(=O)c1cnc(N2CCC(CC(=O)NC[C@H]3CCCO3)CC2)c(NC(=O)c2cccc(Cl)c2)c1. The number of nitrogens with one attached hydrogen (secondary N) is 4. The molecule has 6 heterocycles. The zero-order valence-corrected chi connectivity index (χ0v) is 43.6. The number of aromatic nitrogens is 2. The van der Waals surface area contributed by atoms with E-state index in [2.05, 4.69) is 31.2 Å². The molecule has 4 N–H and O–H groups in total. The van der Waals surface area contributed by atoms with E-state index in [4.69, 9.17) is 32.7 Å². The Morgan fingerprint density at radius 1 is 0.597 bits per heavy atom. The van der Waals surface area contributed by atoms with Gasteiger partial charge in [-0.05, 0) is 112 Å². The standard InChI is InChI=1S/2C25H31ClN4O5S/c2*1-36(33,34)21-14-22(29-25(32)18-4-2-5-19(26)13-18)24(28-16-21)30-9-7-17(8-10-30)12-23(31)27-15-20-6-3-11-35-20/h2*2,4-5,13-14,16-17,20H,3,6-12,15H2,1H3,(H,27,31)(H,29,32)/t2*20-/m10/s1. The summed E-state index contributed by atoms with van der Waals surface area (Å²) in [5.41, 5.74) is 1.34. The highest BCUT2D eigenvalue weighted by Crippen LogP contribution is 2.33. The third kappa shape index (κ3) is 15.8. The third-order valence-corrected chi connectivity index (χ3v) is 15.7. The number of amides is 4. The average molecular weight is 1070 g/mol. The minimum absolute atomic E-state index is 0.0189. The molecule has 22 heteroatoms. The average Bonchev–Trinajstić information content (AvgIpc) is 4.09. The maximum absolute atomic E-state index is 12.9. The number of ether oxygens (including phenoxy) is 2. The second kappa shape index (κ2) is 25.0. The lowest BCUT2D eigenvalue weighted by molar-refractivity contribution is -0.123. The van der Waals surface area contributed by atoms with Crippen molar-refractivity contribution in [3.05, 3.63) is 94.2 Å². The Labute approximate surface area is 431 Å². The van der Waals surface area contributed by atoms with Crippen molar-refractivity contribution < 1.29 is 45.5 Å². The molecule has 0 aliphatic carbocycles. The Kier molecular flexibility index (Phi) is 18.9. The molecule has 72 heavy (non-hydrogen) atoms. The summed E-state index contributed by atoms with van der Waals surface area (Å²) in [6.07, 6.45) is 13.2. The number of carbonyl (C=O) groups excluding carboxylic acids is 4. The van der Waals surface area contributed by atoms with Crippen LogP contribution in [-0.2, 0) is 38.7 Å². The summed E-state index contributed by atoms with van der Waals surface area (Å²) in [5.74, 6) is 0.727. The molecule has 4 fully saturated rings. The zero-order chi connectivity index (χ0) is 51.4. The molecule has 2 aromatic heterocycles. The molecule has 388 valence electrons. The van der Waals surface area contributed by atoms with Crippen LogP contribution in [0.4, 0.5) is 23.0 Å². The van der Waals surface area contributed by atoms with E-state index in [1.165, 1.54) is 24.5 Å². The molecule has 0 radical (unpaired) electrons. The van der Waals surface area contributed by atoms with Gasteiger partial charge in [-0.25, -0.2) is 26.8 Å². The number of sulfone groups is 2. The van der Waals surface area contributed by atoms with Gasteiger partial charge in [-0.3, -0.25) is 19.2 Å². The van der Waals surface area contributed by atoms with Crippen LogP contribution in [0.2, 0.25) is 10.0 Å². The van der Waals surface area contributed by atoms with Gasteiger partial charge in [0.25, 0.3) is 11.8 Å². The Bertz CT molecular complexity index is 2610. The first kappa shape index (κ1) is 54.4. The van der Waals surface area contributed by atoms with Crippen molar-refractivity contribution in [2.45, 2.75) is 86.2 Å². The summed E-state index contributed by atoms with van der Waals surface area (Å²) in [6.45, 7) is 5.18. The number of hydrogen-bond acceptors (Lipinski definition) is 14. The molecule has 0 unspecified atom stereocenters. The van der Waals surface area contributed by atoms with Crippen LogP contribution in [0.15, 0.2) is 82.8 Å². The first-order valence-electron chi connectivity index (χ1n) is 24.2. The van der Waals surface area contributed by atoms with Gasteiger partial charge in [0.05, 0.1) is 33.4 Å². The highest BCUT2D eigenvalue weighted by atomic mass is 35.5. The highest BCUT2D eigenvalue weighted by Gasteiger charge is 2.28. The van der Waals surface area contributed by atoms with Crippen LogP contribution < -0.4 is 31.1 Å². The summed E-state index contributed by atoms with van der Waals surface area (Å²) in [4.78, 5) is 63.4. The van der Waals surface area contributed by atoms with E-state index in [1.54, 1.807) is 48.5 Å². The van der Waals surface area contributed by atoms with E-state index in [0.29, 0.717) is 96.3 Å². The predicted molar refractivity (Wildman–Crippen MR) is 277 cm³/mol. The number of hydrogen-bond donors (Lipinski definition) is 4. The normalized spacial score (nSPS) is 18.7. The number of halogens is 2. The number of anilines is 4. The number of piperidine rings is 2. The maximum atomic E-state index is 12.9. The Balaban J connectivity index is 0.000000211. The fourth-order valence-electron chi connectivity index (χ4n) is 9.05. The molecule has 4 aliphatic rings. The molecular formula is C50H62Cl2N8O10S2. The molecule has 8 rings (SSSR count). The summed E-state index contributed by atoms with van der Waals surface area (Å²) >= 11 is 12.0. The molecule has 4 saturated heterocycles. The first-order valence-corrected chi connectivity index (χ1v) is 28.7. The van der Waals surface area contributed by atoms with E-state index in [1.807, 2.05) is 9.80 Å². The molecule has 0 spiro atoms. The van der Waals surface area contributed by atoms with Gasteiger partial charge in [0.1, 0.15) is 0 Å². The van der Waals surface area contributed by atoms with E-state index in [9.17, 15) is 36.0 Å². The lowest BCUT2D eigenvalue weighted by atomic mass is 9.93. The van der Waals surface area contributed by atoms with E-state index in [-0.39, 0.29) is 45.6 Å². The second-order valence-corrected chi connectivity index (χ2v) is 23.6. The first-order chi connectivity index (χ1) is 34.4. The van der Waals surface area contributed by atoms with Crippen LogP contribution in [-0.4, -0.2) is 128 Å². The number of carbonyl (C=O) groups is 4.